The molecule has 2 N–H and O–H groups in total. The molecule has 0 spiro atoms. The molecule has 0 saturated heterocycles. The summed E-state index contributed by atoms with van der Waals surface area (Å²) in [7, 11) is 1.44. The Morgan fingerprint density at radius 2 is 1.94 bits per heavy atom. The molecule has 1 atom stereocenters. The predicted molar refractivity (Wildman–Crippen MR) is 116 cm³/mol. The van der Waals surface area contributed by atoms with Crippen LogP contribution in [0.15, 0.2) is 47.6 Å². The van der Waals surface area contributed by atoms with E-state index in [-0.39, 0.29) is 18.8 Å². The number of hydrogen-bond acceptors (Lipinski definition) is 8. The molecule has 1 aliphatic heterocycles. The first-order valence-corrected chi connectivity index (χ1v) is 9.85. The molecule has 3 rings (SSSR count). The van der Waals surface area contributed by atoms with Crippen LogP contribution < -0.4 is 14.8 Å². The van der Waals surface area contributed by atoms with E-state index < -0.39 is 23.9 Å². The molecule has 2 aromatic carbocycles. The number of ketones is 1. The van der Waals surface area contributed by atoms with Gasteiger partial charge in [-0.15, -0.1) is 0 Å². The third-order valence-electron chi connectivity index (χ3n) is 4.97. The van der Waals surface area contributed by atoms with E-state index in [1.54, 1.807) is 42.5 Å². The molecule has 33 heavy (non-hydrogen) atoms. The highest BCUT2D eigenvalue weighted by Crippen LogP contribution is 2.35. The van der Waals surface area contributed by atoms with Crippen molar-refractivity contribution in [3.63, 3.8) is 0 Å². The predicted octanol–water partition coefficient (Wildman–Crippen LogP) is 2.78. The number of amides is 1. The van der Waals surface area contributed by atoms with E-state index in [9.17, 15) is 19.5 Å². The number of hydrogen-bond donors (Lipinski definition) is 2. The highest BCUT2D eigenvalue weighted by molar-refractivity contribution is 6.09. The van der Waals surface area contributed by atoms with Crippen molar-refractivity contribution in [2.45, 2.75) is 25.4 Å². The minimum Gasteiger partial charge on any atom is -0.493 e. The van der Waals surface area contributed by atoms with Crippen molar-refractivity contribution in [2.24, 2.45) is 5.16 Å². The quantitative estimate of drug-likeness (QED) is 0.553. The maximum atomic E-state index is 13.0. The summed E-state index contributed by atoms with van der Waals surface area (Å²) in [6.07, 6.45) is -0.712. The lowest BCUT2D eigenvalue weighted by atomic mass is 9.90. The van der Waals surface area contributed by atoms with Gasteiger partial charge < -0.3 is 24.7 Å². The van der Waals surface area contributed by atoms with E-state index in [1.807, 2.05) is 6.07 Å². The highest BCUT2D eigenvalue weighted by atomic mass is 16.7. The normalized spacial score (nSPS) is 16.7. The van der Waals surface area contributed by atoms with Gasteiger partial charge in [0.15, 0.2) is 23.9 Å². The molecule has 170 valence electrons. The molecule has 0 fully saturated rings. The Labute approximate surface area is 189 Å². The summed E-state index contributed by atoms with van der Waals surface area (Å²) in [5.74, 6) is -1.33. The summed E-state index contributed by atoms with van der Waals surface area (Å²) in [5, 5.41) is 24.7. The van der Waals surface area contributed by atoms with Crippen molar-refractivity contribution in [2.75, 3.05) is 19.0 Å². The first kappa shape index (κ1) is 23.3. The van der Waals surface area contributed by atoms with Gasteiger partial charge in [0.2, 0.25) is 5.60 Å². The molecule has 10 nitrogen and oxygen atoms in total. The van der Waals surface area contributed by atoms with Gasteiger partial charge in [-0.1, -0.05) is 5.16 Å². The summed E-state index contributed by atoms with van der Waals surface area (Å²) in [6, 6.07) is 12.9. The van der Waals surface area contributed by atoms with Crippen LogP contribution >= 0.6 is 0 Å². The SMILES string of the molecule is COc1cc(C2=NO[C@@](CC(=O)O)(C(=O)Nc3ccc(C(C)=O)cc3)C2)ccc1OCC#N. The van der Waals surface area contributed by atoms with Crippen LogP contribution in [0.1, 0.15) is 35.7 Å². The number of carbonyl (C=O) groups is 3. The second-order valence-electron chi connectivity index (χ2n) is 7.27. The first-order chi connectivity index (χ1) is 15.8. The van der Waals surface area contributed by atoms with Crippen LogP contribution in [-0.2, 0) is 14.4 Å². The zero-order chi connectivity index (χ0) is 24.0. The molecule has 0 aromatic heterocycles. The van der Waals surface area contributed by atoms with Crippen molar-refractivity contribution in [1.82, 2.24) is 0 Å². The monoisotopic (exact) mass is 451 g/mol. The number of nitrogens with one attached hydrogen (secondary N) is 1. The van der Waals surface area contributed by atoms with E-state index in [4.69, 9.17) is 19.6 Å². The highest BCUT2D eigenvalue weighted by Gasteiger charge is 2.49. The zero-order valence-corrected chi connectivity index (χ0v) is 18.0. The van der Waals surface area contributed by atoms with Crippen LogP contribution in [-0.4, -0.2) is 47.8 Å². The molecular weight excluding hydrogens is 430 g/mol. The number of nitrogens with zero attached hydrogens (tertiary/aromatic N) is 2. The largest absolute Gasteiger partial charge is 0.493 e. The number of benzene rings is 2. The average Bonchev–Trinajstić information content (AvgIpc) is 3.22. The van der Waals surface area contributed by atoms with E-state index >= 15 is 0 Å². The smallest absolute Gasteiger partial charge is 0.308 e. The first-order valence-electron chi connectivity index (χ1n) is 9.85. The maximum Gasteiger partial charge on any atom is 0.308 e. The fraction of sp³-hybridized carbons (Fsp3) is 0.261. The number of anilines is 1. The fourth-order valence-electron chi connectivity index (χ4n) is 3.28. The molecular formula is C23H21N3O7. The van der Waals surface area contributed by atoms with Crippen molar-refractivity contribution in [3.05, 3.63) is 53.6 Å². The van der Waals surface area contributed by atoms with Crippen molar-refractivity contribution < 1.29 is 33.8 Å². The number of carbonyl (C=O) groups excluding carboxylic acids is 2. The Bertz CT molecular complexity index is 1150. The minimum atomic E-state index is -1.76. The van der Waals surface area contributed by atoms with Gasteiger partial charge in [0.05, 0.1) is 19.2 Å². The van der Waals surface area contributed by atoms with Crippen molar-refractivity contribution in [1.29, 1.82) is 5.26 Å². The number of rotatable bonds is 9. The number of oxime groups is 1. The second kappa shape index (κ2) is 9.82. The topological polar surface area (TPSA) is 147 Å². The van der Waals surface area contributed by atoms with E-state index in [0.717, 1.165) is 0 Å². The number of nitriles is 1. The third kappa shape index (κ3) is 5.27. The molecule has 0 bridgehead atoms. The number of carboxylic acids is 1. The van der Waals surface area contributed by atoms with Gasteiger partial charge in [-0.2, -0.15) is 5.26 Å². The fourth-order valence-corrected chi connectivity index (χ4v) is 3.28. The Kier molecular flexibility index (Phi) is 6.93. The third-order valence-corrected chi connectivity index (χ3v) is 4.97. The van der Waals surface area contributed by atoms with E-state index in [1.165, 1.54) is 14.0 Å². The van der Waals surface area contributed by atoms with Gasteiger partial charge in [0, 0.05) is 23.2 Å². The van der Waals surface area contributed by atoms with Gasteiger partial charge in [-0.3, -0.25) is 14.4 Å². The molecule has 1 aliphatic rings. The molecule has 2 aromatic rings. The summed E-state index contributed by atoms with van der Waals surface area (Å²) >= 11 is 0. The van der Waals surface area contributed by atoms with Gasteiger partial charge >= 0.3 is 5.97 Å². The summed E-state index contributed by atoms with van der Waals surface area (Å²) < 4.78 is 10.6. The lowest BCUT2D eigenvalue weighted by Crippen LogP contribution is -2.45. The number of aliphatic carboxylic acids is 1. The van der Waals surface area contributed by atoms with Gasteiger partial charge in [-0.25, -0.2) is 0 Å². The number of ether oxygens (including phenoxy) is 2. The summed E-state index contributed by atoms with van der Waals surface area (Å²) in [5.41, 5.74) is -0.00557. The molecule has 1 heterocycles. The molecule has 0 unspecified atom stereocenters. The Hall–Kier alpha value is -4.39. The average molecular weight is 451 g/mol. The van der Waals surface area contributed by atoms with Crippen molar-refractivity contribution in [3.8, 4) is 17.6 Å². The Morgan fingerprint density at radius 1 is 1.21 bits per heavy atom. The van der Waals surface area contributed by atoms with Gasteiger partial charge in [-0.05, 0) is 49.4 Å². The van der Waals surface area contributed by atoms with Crippen LogP contribution in [0.3, 0.4) is 0 Å². The zero-order valence-electron chi connectivity index (χ0n) is 18.0. The second-order valence-corrected chi connectivity index (χ2v) is 7.27. The number of Topliss-reactive ketones (excluding diaryl/α,β-unsaturated/α-hetero) is 1. The van der Waals surface area contributed by atoms with Crippen LogP contribution in [0.25, 0.3) is 0 Å². The number of carboxylic acid groups (broad SMARTS) is 1. The lowest BCUT2D eigenvalue weighted by molar-refractivity contribution is -0.152. The molecule has 10 heteroatoms. The minimum absolute atomic E-state index is 0.0990. The van der Waals surface area contributed by atoms with Gasteiger partial charge in [0.25, 0.3) is 5.91 Å². The van der Waals surface area contributed by atoms with Crippen molar-refractivity contribution >= 4 is 29.1 Å². The van der Waals surface area contributed by atoms with Crippen LogP contribution in [0.4, 0.5) is 5.69 Å². The molecule has 0 saturated carbocycles. The van der Waals surface area contributed by atoms with E-state index in [0.29, 0.717) is 34.0 Å². The van der Waals surface area contributed by atoms with Crippen LogP contribution in [0, 0.1) is 11.3 Å². The van der Waals surface area contributed by atoms with Crippen LogP contribution in [0.5, 0.6) is 11.5 Å². The standard InChI is InChI=1S/C23H21N3O7/c1-14(27)15-3-6-17(7-4-15)25-22(30)23(13-21(28)29)12-18(26-33-23)16-5-8-19(32-10-9-24)20(11-16)31-2/h3-8,11H,10,12-13H2,1-2H3,(H,25,30)(H,28,29)/t23-/m0/s1. The Balaban J connectivity index is 1.81. The maximum absolute atomic E-state index is 13.0. The lowest BCUT2D eigenvalue weighted by Gasteiger charge is -2.23. The van der Waals surface area contributed by atoms with E-state index in [2.05, 4.69) is 10.5 Å². The number of methoxy groups -OCH3 is 1. The molecule has 0 aliphatic carbocycles. The van der Waals surface area contributed by atoms with Gasteiger partial charge in [0.1, 0.15) is 6.07 Å². The van der Waals surface area contributed by atoms with Crippen LogP contribution in [0.2, 0.25) is 0 Å². The molecule has 0 radical (unpaired) electrons. The Morgan fingerprint density at radius 3 is 2.55 bits per heavy atom. The summed E-state index contributed by atoms with van der Waals surface area (Å²) in [6.45, 7) is 1.27. The summed E-state index contributed by atoms with van der Waals surface area (Å²) in [4.78, 5) is 41.4. The molecule has 1 amide bonds.